The van der Waals surface area contributed by atoms with E-state index >= 15 is 0 Å². The number of hydrogen-bond donors (Lipinski definition) is 2. The Morgan fingerprint density at radius 3 is 2.52 bits per heavy atom. The fraction of sp³-hybridized carbons (Fsp3) is 0.261. The van der Waals surface area contributed by atoms with Crippen molar-refractivity contribution in [3.8, 4) is 23.0 Å². The third kappa shape index (κ3) is 5.31. The van der Waals surface area contributed by atoms with Crippen molar-refractivity contribution in [1.82, 2.24) is 0 Å². The molecule has 166 valence electrons. The lowest BCUT2D eigenvalue weighted by Crippen LogP contribution is -3.06. The van der Waals surface area contributed by atoms with E-state index < -0.39 is 0 Å². The molecule has 0 atom stereocenters. The number of fused-ring (bicyclic) bond motifs is 1. The maximum Gasteiger partial charge on any atom is 0.205 e. The van der Waals surface area contributed by atoms with Gasteiger partial charge in [0, 0.05) is 0 Å². The summed E-state index contributed by atoms with van der Waals surface area (Å²) in [6.45, 7) is 1.11. The average Bonchev–Trinajstić information content (AvgIpc) is 3.20. The van der Waals surface area contributed by atoms with Crippen LogP contribution >= 0.6 is 0 Å². The van der Waals surface area contributed by atoms with E-state index in [0.717, 1.165) is 6.54 Å². The Balaban J connectivity index is 0.00000341. The van der Waals surface area contributed by atoms with Gasteiger partial charge in [0.2, 0.25) is 5.75 Å². The van der Waals surface area contributed by atoms with Crippen LogP contribution in [0.3, 0.4) is 0 Å². The van der Waals surface area contributed by atoms with Crippen LogP contribution in [0.15, 0.2) is 47.1 Å². The Morgan fingerprint density at radius 2 is 1.87 bits per heavy atom. The van der Waals surface area contributed by atoms with Gasteiger partial charge in [0.25, 0.3) is 0 Å². The second-order valence-electron chi connectivity index (χ2n) is 7.03. The minimum absolute atomic E-state index is 0. The first-order chi connectivity index (χ1) is 14.5. The van der Waals surface area contributed by atoms with Crippen LogP contribution in [0.1, 0.15) is 15.9 Å². The molecule has 3 aromatic rings. The largest absolute Gasteiger partial charge is 1.00 e. The number of phenolic OH excluding ortho intramolecular Hbond substituents is 1. The van der Waals surface area contributed by atoms with Gasteiger partial charge in [0.15, 0.2) is 17.1 Å². The minimum atomic E-state index is -0.316. The molecule has 0 spiro atoms. The number of carbonyl (C=O) groups is 1. The summed E-state index contributed by atoms with van der Waals surface area (Å²) in [6.07, 6.45) is 4.56. The molecule has 0 radical (unpaired) electrons. The number of allylic oxidation sites excluding steroid dienone is 1. The number of halogens is 1. The number of carbonyl (C=O) groups excluding carboxylic acids is 1. The first-order valence-electron chi connectivity index (χ1n) is 9.54. The molecule has 0 bridgehead atoms. The molecule has 0 fully saturated rings. The summed E-state index contributed by atoms with van der Waals surface area (Å²) in [6, 6.07) is 8.35. The summed E-state index contributed by atoms with van der Waals surface area (Å²) in [5, 5.41) is 10.3. The number of likely N-dealkylation sites (N-methyl/N-ethyl adjacent to an activating group) is 1. The molecular formula is C23H26ClNO6. The van der Waals surface area contributed by atoms with E-state index in [2.05, 4.69) is 0 Å². The first kappa shape index (κ1) is 24.1. The molecule has 2 aromatic carbocycles. The smallest absolute Gasteiger partial charge is 0.205 e. The van der Waals surface area contributed by atoms with Gasteiger partial charge in [-0.1, -0.05) is 18.2 Å². The van der Waals surface area contributed by atoms with Gasteiger partial charge in [0.1, 0.15) is 30.2 Å². The predicted octanol–water partition coefficient (Wildman–Crippen LogP) is -0.421. The van der Waals surface area contributed by atoms with Crippen molar-refractivity contribution in [2.24, 2.45) is 0 Å². The molecule has 0 aliphatic rings. The van der Waals surface area contributed by atoms with Crippen LogP contribution in [0.2, 0.25) is 0 Å². The van der Waals surface area contributed by atoms with Gasteiger partial charge < -0.3 is 41.0 Å². The minimum Gasteiger partial charge on any atom is -1.00 e. The topological polar surface area (TPSA) is 82.6 Å². The van der Waals surface area contributed by atoms with Crippen molar-refractivity contribution in [2.75, 3.05) is 41.5 Å². The highest BCUT2D eigenvalue weighted by atomic mass is 35.5. The number of nitrogens with one attached hydrogen (secondary N) is 1. The molecule has 0 aliphatic heterocycles. The lowest BCUT2D eigenvalue weighted by molar-refractivity contribution is -0.858. The zero-order valence-corrected chi connectivity index (χ0v) is 18.7. The lowest BCUT2D eigenvalue weighted by Gasteiger charge is -2.18. The zero-order chi connectivity index (χ0) is 21.7. The summed E-state index contributed by atoms with van der Waals surface area (Å²) in [4.78, 5) is 14.4. The molecule has 0 unspecified atom stereocenters. The van der Waals surface area contributed by atoms with Gasteiger partial charge in [-0.3, -0.25) is 4.79 Å². The maximum atomic E-state index is 13.2. The van der Waals surface area contributed by atoms with Crippen LogP contribution in [0.25, 0.3) is 17.0 Å². The van der Waals surface area contributed by atoms with Crippen LogP contribution < -0.4 is 31.5 Å². The fourth-order valence-corrected chi connectivity index (χ4v) is 3.12. The van der Waals surface area contributed by atoms with E-state index in [1.165, 1.54) is 31.5 Å². The quantitative estimate of drug-likeness (QED) is 0.342. The molecule has 1 heterocycles. The van der Waals surface area contributed by atoms with Crippen LogP contribution in [-0.4, -0.2) is 52.4 Å². The normalized spacial score (nSPS) is 11.0. The molecule has 0 amide bonds. The van der Waals surface area contributed by atoms with Crippen molar-refractivity contribution in [3.63, 3.8) is 0 Å². The van der Waals surface area contributed by atoms with Gasteiger partial charge in [-0.15, -0.1) is 0 Å². The molecule has 2 N–H and O–H groups in total. The molecule has 8 heteroatoms. The standard InChI is InChI=1S/C23H25NO6.ClH/c1-24(2)11-13-30-22-19(18(26)9-8-15-6-5-7-16(25)14-15)20(27-3)17-10-12-29-21(17)23(22)28-4;/h5-10,12,14,25H,11,13H2,1-4H3;1H/b9-8+;. The van der Waals surface area contributed by atoms with E-state index in [-0.39, 0.29) is 35.3 Å². The Morgan fingerprint density at radius 1 is 1.13 bits per heavy atom. The summed E-state index contributed by atoms with van der Waals surface area (Å²) < 4.78 is 22.7. The molecule has 0 aliphatic carbocycles. The molecule has 7 nitrogen and oxygen atoms in total. The Bertz CT molecular complexity index is 1070. The number of methoxy groups -OCH3 is 2. The van der Waals surface area contributed by atoms with Gasteiger partial charge in [-0.05, 0) is 29.8 Å². The van der Waals surface area contributed by atoms with E-state index in [4.69, 9.17) is 18.6 Å². The van der Waals surface area contributed by atoms with E-state index in [9.17, 15) is 9.90 Å². The molecule has 0 saturated heterocycles. The van der Waals surface area contributed by atoms with Gasteiger partial charge in [-0.2, -0.15) is 0 Å². The fourth-order valence-electron chi connectivity index (χ4n) is 3.12. The van der Waals surface area contributed by atoms with Gasteiger partial charge in [-0.25, -0.2) is 0 Å². The van der Waals surface area contributed by atoms with Crippen LogP contribution in [-0.2, 0) is 0 Å². The molecule has 1 aromatic heterocycles. The van der Waals surface area contributed by atoms with Crippen molar-refractivity contribution in [2.45, 2.75) is 0 Å². The Kier molecular flexibility index (Phi) is 8.36. The lowest BCUT2D eigenvalue weighted by atomic mass is 10.0. The Hall–Kier alpha value is -3.16. The van der Waals surface area contributed by atoms with Crippen LogP contribution in [0.5, 0.6) is 23.0 Å². The monoisotopic (exact) mass is 447 g/mol. The Labute approximate surface area is 187 Å². The average molecular weight is 448 g/mol. The number of benzene rings is 2. The summed E-state index contributed by atoms with van der Waals surface area (Å²) >= 11 is 0. The zero-order valence-electron chi connectivity index (χ0n) is 17.9. The van der Waals surface area contributed by atoms with Crippen molar-refractivity contribution in [3.05, 3.63) is 53.8 Å². The van der Waals surface area contributed by atoms with Crippen molar-refractivity contribution < 1.29 is 45.8 Å². The summed E-state index contributed by atoms with van der Waals surface area (Å²) in [5.41, 5.74) is 1.40. The van der Waals surface area contributed by atoms with E-state index in [1.807, 2.05) is 14.1 Å². The summed E-state index contributed by atoms with van der Waals surface area (Å²) in [7, 11) is 7.03. The number of ether oxygens (including phenoxy) is 3. The van der Waals surface area contributed by atoms with Crippen molar-refractivity contribution in [1.29, 1.82) is 0 Å². The van der Waals surface area contributed by atoms with Gasteiger partial charge >= 0.3 is 0 Å². The first-order valence-corrected chi connectivity index (χ1v) is 9.54. The predicted molar refractivity (Wildman–Crippen MR) is 114 cm³/mol. The number of ketones is 1. The number of aromatic hydroxyl groups is 1. The highest BCUT2D eigenvalue weighted by molar-refractivity contribution is 6.15. The third-order valence-corrected chi connectivity index (χ3v) is 4.58. The SMILES string of the molecule is COc1c(C(=O)/C=C/c2cccc(O)c2)c(OCC[NH+](C)C)c(OC)c2occc12.[Cl-]. The third-order valence-electron chi connectivity index (χ3n) is 4.58. The second-order valence-corrected chi connectivity index (χ2v) is 7.03. The number of rotatable bonds is 9. The highest BCUT2D eigenvalue weighted by Crippen LogP contribution is 2.46. The molecule has 31 heavy (non-hydrogen) atoms. The molecular weight excluding hydrogens is 422 g/mol. The van der Waals surface area contributed by atoms with Crippen molar-refractivity contribution >= 4 is 22.8 Å². The van der Waals surface area contributed by atoms with Crippen LogP contribution in [0.4, 0.5) is 0 Å². The number of quaternary nitrogens is 1. The number of furan rings is 1. The van der Waals surface area contributed by atoms with E-state index in [1.54, 1.807) is 36.4 Å². The van der Waals surface area contributed by atoms with E-state index in [0.29, 0.717) is 34.6 Å². The van der Waals surface area contributed by atoms with Crippen LogP contribution in [0, 0.1) is 0 Å². The number of phenols is 1. The molecule has 3 rings (SSSR count). The van der Waals surface area contributed by atoms with Gasteiger partial charge in [0.05, 0.1) is 40.0 Å². The molecule has 0 saturated carbocycles. The summed E-state index contributed by atoms with van der Waals surface area (Å²) in [5.74, 6) is 0.794. The number of hydrogen-bond acceptors (Lipinski definition) is 6. The maximum absolute atomic E-state index is 13.2. The highest BCUT2D eigenvalue weighted by Gasteiger charge is 2.28. The second kappa shape index (κ2) is 10.7.